The van der Waals surface area contributed by atoms with Crippen LogP contribution in [-0.2, 0) is 9.47 Å². The van der Waals surface area contributed by atoms with E-state index in [4.69, 9.17) is 9.47 Å². The molecule has 3 aliphatic carbocycles. The minimum atomic E-state index is -0.643. The quantitative estimate of drug-likeness (QED) is 0.376. The first-order valence-corrected chi connectivity index (χ1v) is 11.4. The molecule has 0 saturated carbocycles. The average Bonchev–Trinajstić information content (AvgIpc) is 2.90. The molecule has 0 fully saturated rings. The van der Waals surface area contributed by atoms with Crippen molar-refractivity contribution in [1.29, 1.82) is 0 Å². The number of ether oxygens (including phenoxy) is 2. The minimum absolute atomic E-state index is 0.223. The summed E-state index contributed by atoms with van der Waals surface area (Å²) < 4.78 is 12.3. The van der Waals surface area contributed by atoms with Crippen molar-refractivity contribution in [2.75, 3.05) is 0 Å². The molecule has 7 rings (SSSR count). The Labute approximate surface area is 197 Å². The van der Waals surface area contributed by atoms with Gasteiger partial charge in [-0.3, -0.25) is 0 Å². The topological polar surface area (TPSA) is 52.6 Å². The van der Waals surface area contributed by atoms with Gasteiger partial charge in [-0.15, -0.1) is 0 Å². The summed E-state index contributed by atoms with van der Waals surface area (Å²) in [5, 5.41) is 0. The third-order valence-electron chi connectivity index (χ3n) is 6.82. The fourth-order valence-corrected chi connectivity index (χ4v) is 5.38. The monoisotopic (exact) mass is 446 g/mol. The molecule has 0 aromatic heterocycles. The number of hydrogen-bond acceptors (Lipinski definition) is 4. The van der Waals surface area contributed by atoms with Crippen LogP contribution in [0.5, 0.6) is 0 Å². The summed E-state index contributed by atoms with van der Waals surface area (Å²) >= 11 is 0. The van der Waals surface area contributed by atoms with Crippen LogP contribution >= 0.6 is 0 Å². The molecule has 2 atom stereocenters. The summed E-state index contributed by atoms with van der Waals surface area (Å²) in [7, 11) is 0. The van der Waals surface area contributed by atoms with Crippen molar-refractivity contribution in [3.8, 4) is 0 Å². The zero-order chi connectivity index (χ0) is 23.1. The van der Waals surface area contributed by atoms with Gasteiger partial charge in [0.2, 0.25) is 0 Å². The first-order chi connectivity index (χ1) is 16.7. The number of hydrogen-bond donors (Lipinski definition) is 0. The van der Waals surface area contributed by atoms with Gasteiger partial charge in [0.05, 0.1) is 23.0 Å². The molecule has 0 amide bonds. The van der Waals surface area contributed by atoms with Crippen molar-refractivity contribution in [2.45, 2.75) is 24.0 Å². The third kappa shape index (κ3) is 3.30. The molecule has 4 aromatic rings. The first kappa shape index (κ1) is 20.4. The highest BCUT2D eigenvalue weighted by Gasteiger charge is 2.53. The van der Waals surface area contributed by atoms with Crippen LogP contribution in [-0.4, -0.2) is 24.1 Å². The lowest BCUT2D eigenvalue weighted by Crippen LogP contribution is -2.51. The van der Waals surface area contributed by atoms with E-state index in [1.165, 1.54) is 0 Å². The van der Waals surface area contributed by atoms with Gasteiger partial charge in [0.15, 0.2) is 12.2 Å². The molecule has 2 unspecified atom stereocenters. The predicted molar refractivity (Wildman–Crippen MR) is 128 cm³/mol. The molecule has 4 nitrogen and oxygen atoms in total. The van der Waals surface area contributed by atoms with E-state index in [-0.39, 0.29) is 11.8 Å². The summed E-state index contributed by atoms with van der Waals surface area (Å²) in [6.07, 6.45) is -1.29. The van der Waals surface area contributed by atoms with Gasteiger partial charge in [-0.1, -0.05) is 84.9 Å². The summed E-state index contributed by atoms with van der Waals surface area (Å²) in [6, 6.07) is 34.2. The minimum Gasteiger partial charge on any atom is -0.454 e. The van der Waals surface area contributed by atoms with E-state index < -0.39 is 24.1 Å². The van der Waals surface area contributed by atoms with Gasteiger partial charge in [0.25, 0.3) is 0 Å². The second-order valence-electron chi connectivity index (χ2n) is 8.69. The summed E-state index contributed by atoms with van der Waals surface area (Å²) in [5.41, 5.74) is 5.40. The van der Waals surface area contributed by atoms with Crippen LogP contribution in [0, 0.1) is 0 Å². The summed E-state index contributed by atoms with van der Waals surface area (Å²) in [6.45, 7) is 0. The Hall–Kier alpha value is -4.18. The van der Waals surface area contributed by atoms with Gasteiger partial charge < -0.3 is 9.47 Å². The van der Waals surface area contributed by atoms with Gasteiger partial charge in [-0.2, -0.15) is 0 Å². The fourth-order valence-electron chi connectivity index (χ4n) is 5.38. The molecular weight excluding hydrogens is 424 g/mol. The van der Waals surface area contributed by atoms with E-state index >= 15 is 0 Å². The van der Waals surface area contributed by atoms with Gasteiger partial charge in [0.1, 0.15) is 0 Å². The number of rotatable bonds is 4. The van der Waals surface area contributed by atoms with Crippen molar-refractivity contribution >= 4 is 11.9 Å². The molecule has 0 heterocycles. The maximum absolute atomic E-state index is 13.2. The number of fused-ring (bicyclic) bond motifs is 1. The molecule has 34 heavy (non-hydrogen) atoms. The normalized spacial score (nSPS) is 21.8. The lowest BCUT2D eigenvalue weighted by atomic mass is 9.61. The fraction of sp³-hybridized carbons (Fsp3) is 0.133. The highest BCUT2D eigenvalue weighted by molar-refractivity contribution is 5.90. The van der Waals surface area contributed by atoms with E-state index in [0.29, 0.717) is 11.1 Å². The highest BCUT2D eigenvalue weighted by atomic mass is 16.6. The molecule has 0 saturated heterocycles. The SMILES string of the molecule is O=C(OC1C2c3ccccc3C(c3ccccc32)C1OC(=O)c1ccccc1)c1ccccc1. The van der Waals surface area contributed by atoms with Gasteiger partial charge in [-0.25, -0.2) is 9.59 Å². The van der Waals surface area contributed by atoms with Crippen molar-refractivity contribution < 1.29 is 19.1 Å². The van der Waals surface area contributed by atoms with Gasteiger partial charge in [0, 0.05) is 0 Å². The molecule has 166 valence electrons. The van der Waals surface area contributed by atoms with E-state index in [2.05, 4.69) is 24.3 Å². The van der Waals surface area contributed by atoms with Crippen molar-refractivity contribution in [3.05, 3.63) is 143 Å². The number of carbonyl (C=O) groups is 2. The summed E-state index contributed by atoms with van der Waals surface area (Å²) in [4.78, 5) is 26.3. The largest absolute Gasteiger partial charge is 0.454 e. The molecule has 0 aliphatic heterocycles. The Kier molecular flexibility index (Phi) is 4.99. The number of carbonyl (C=O) groups excluding carboxylic acids is 2. The maximum atomic E-state index is 13.2. The molecule has 0 spiro atoms. The third-order valence-corrected chi connectivity index (χ3v) is 6.82. The molecular formula is C30H22O4. The van der Waals surface area contributed by atoms with Crippen LogP contribution in [0.1, 0.15) is 54.8 Å². The van der Waals surface area contributed by atoms with E-state index in [0.717, 1.165) is 22.3 Å². The maximum Gasteiger partial charge on any atom is 0.338 e. The Balaban J connectivity index is 1.46. The Morgan fingerprint density at radius 1 is 0.441 bits per heavy atom. The Bertz CT molecular complexity index is 1210. The number of esters is 2. The van der Waals surface area contributed by atoms with Crippen LogP contribution in [0.4, 0.5) is 0 Å². The van der Waals surface area contributed by atoms with Crippen LogP contribution < -0.4 is 0 Å². The zero-order valence-corrected chi connectivity index (χ0v) is 18.3. The second-order valence-corrected chi connectivity index (χ2v) is 8.69. The average molecular weight is 447 g/mol. The predicted octanol–water partition coefficient (Wildman–Crippen LogP) is 5.73. The second kappa shape index (κ2) is 8.31. The van der Waals surface area contributed by atoms with Crippen LogP contribution in [0.25, 0.3) is 0 Å². The molecule has 0 N–H and O–H groups in total. The van der Waals surface area contributed by atoms with Crippen LogP contribution in [0.15, 0.2) is 109 Å². The van der Waals surface area contributed by atoms with Crippen molar-refractivity contribution in [1.82, 2.24) is 0 Å². The molecule has 4 heteroatoms. The lowest BCUT2D eigenvalue weighted by molar-refractivity contribution is -0.0557. The smallest absolute Gasteiger partial charge is 0.338 e. The first-order valence-electron chi connectivity index (χ1n) is 11.4. The van der Waals surface area contributed by atoms with Gasteiger partial charge >= 0.3 is 11.9 Å². The van der Waals surface area contributed by atoms with E-state index in [1.807, 2.05) is 36.4 Å². The Morgan fingerprint density at radius 3 is 1.06 bits per heavy atom. The molecule has 2 bridgehead atoms. The van der Waals surface area contributed by atoms with E-state index in [1.54, 1.807) is 48.5 Å². The lowest BCUT2D eigenvalue weighted by Gasteiger charge is -2.49. The van der Waals surface area contributed by atoms with Crippen molar-refractivity contribution in [2.24, 2.45) is 0 Å². The van der Waals surface area contributed by atoms with Crippen LogP contribution in [0.2, 0.25) is 0 Å². The standard InChI is InChI=1S/C30H22O4/c31-29(19-11-3-1-4-12-19)33-27-25-21-15-7-9-17-23(21)26(24-18-10-8-16-22(24)25)28(27)34-30(32)20-13-5-2-6-14-20/h1-18,25-28H. The zero-order valence-electron chi connectivity index (χ0n) is 18.3. The summed E-state index contributed by atoms with van der Waals surface area (Å²) in [5.74, 6) is -1.29. The van der Waals surface area contributed by atoms with Gasteiger partial charge in [-0.05, 0) is 46.5 Å². The molecule has 4 aromatic carbocycles. The van der Waals surface area contributed by atoms with E-state index in [9.17, 15) is 9.59 Å². The number of benzene rings is 4. The van der Waals surface area contributed by atoms with Crippen LogP contribution in [0.3, 0.4) is 0 Å². The highest BCUT2D eigenvalue weighted by Crippen LogP contribution is 2.54. The van der Waals surface area contributed by atoms with Crippen molar-refractivity contribution in [3.63, 3.8) is 0 Å². The molecule has 0 radical (unpaired) electrons. The Morgan fingerprint density at radius 2 is 0.735 bits per heavy atom. The molecule has 3 aliphatic rings.